The molecule has 92 valence electrons. The fourth-order valence-electron chi connectivity index (χ4n) is 1.68. The molecule has 1 aromatic heterocycles. The number of nitrogens with zero attached hydrogens (tertiary/aromatic N) is 1. The van der Waals surface area contributed by atoms with Gasteiger partial charge in [0.05, 0.1) is 5.69 Å². The fourth-order valence-corrected chi connectivity index (χ4v) is 1.91. The van der Waals surface area contributed by atoms with E-state index in [0.29, 0.717) is 4.99 Å². The van der Waals surface area contributed by atoms with E-state index in [4.69, 9.17) is 22.7 Å². The Morgan fingerprint density at radius 1 is 1.28 bits per heavy atom. The van der Waals surface area contributed by atoms with Crippen LogP contribution < -0.4 is 10.5 Å². The number of thiocarbonyl (C=S) groups is 1. The molecule has 0 aliphatic carbocycles. The Balaban J connectivity index is 2.29. The van der Waals surface area contributed by atoms with Gasteiger partial charge < -0.3 is 10.5 Å². The summed E-state index contributed by atoms with van der Waals surface area (Å²) in [4.78, 5) is 4.58. The van der Waals surface area contributed by atoms with Crippen LogP contribution in [0, 0.1) is 13.8 Å². The molecule has 0 aliphatic heterocycles. The molecule has 2 aromatic rings. The lowest BCUT2D eigenvalue weighted by molar-refractivity contribution is 0.475. The second-order valence-electron chi connectivity index (χ2n) is 4.03. The average Bonchev–Trinajstić information content (AvgIpc) is 2.32. The molecule has 2 rings (SSSR count). The highest BCUT2D eigenvalue weighted by molar-refractivity contribution is 7.80. The molecule has 0 aliphatic rings. The van der Waals surface area contributed by atoms with Gasteiger partial charge in [0.15, 0.2) is 0 Å². The lowest BCUT2D eigenvalue weighted by Gasteiger charge is -2.10. The Hall–Kier alpha value is -1.94. The van der Waals surface area contributed by atoms with Crippen LogP contribution in [0.2, 0.25) is 0 Å². The van der Waals surface area contributed by atoms with Crippen molar-refractivity contribution in [3.05, 3.63) is 53.3 Å². The van der Waals surface area contributed by atoms with Crippen molar-refractivity contribution in [2.24, 2.45) is 5.73 Å². The fraction of sp³-hybridized carbons (Fsp3) is 0.143. The SMILES string of the molecule is Cc1cc(Oc2cccnc2C)ccc1C(N)=S. The first-order valence-corrected chi connectivity index (χ1v) is 5.98. The molecular weight excluding hydrogens is 244 g/mol. The lowest BCUT2D eigenvalue weighted by Crippen LogP contribution is -2.10. The molecule has 4 heteroatoms. The largest absolute Gasteiger partial charge is 0.455 e. The third-order valence-electron chi connectivity index (χ3n) is 2.65. The number of pyridine rings is 1. The topological polar surface area (TPSA) is 48.1 Å². The lowest BCUT2D eigenvalue weighted by atomic mass is 10.1. The summed E-state index contributed by atoms with van der Waals surface area (Å²) in [5, 5.41) is 0. The summed E-state index contributed by atoms with van der Waals surface area (Å²) in [6.45, 7) is 3.86. The van der Waals surface area contributed by atoms with E-state index in [9.17, 15) is 0 Å². The van der Waals surface area contributed by atoms with Crippen LogP contribution in [-0.4, -0.2) is 9.97 Å². The zero-order valence-electron chi connectivity index (χ0n) is 10.3. The molecule has 1 aromatic carbocycles. The van der Waals surface area contributed by atoms with Gasteiger partial charge in [0.2, 0.25) is 0 Å². The van der Waals surface area contributed by atoms with Gasteiger partial charge in [0.1, 0.15) is 16.5 Å². The summed E-state index contributed by atoms with van der Waals surface area (Å²) in [6, 6.07) is 9.38. The predicted octanol–water partition coefficient (Wildman–Crippen LogP) is 3.12. The molecule has 0 amide bonds. The van der Waals surface area contributed by atoms with Crippen LogP contribution in [0.5, 0.6) is 11.5 Å². The monoisotopic (exact) mass is 258 g/mol. The summed E-state index contributed by atoms with van der Waals surface area (Å²) < 4.78 is 5.78. The van der Waals surface area contributed by atoms with Crippen molar-refractivity contribution >= 4 is 17.2 Å². The first-order chi connectivity index (χ1) is 8.58. The first-order valence-electron chi connectivity index (χ1n) is 5.58. The van der Waals surface area contributed by atoms with Gasteiger partial charge >= 0.3 is 0 Å². The van der Waals surface area contributed by atoms with E-state index in [1.807, 2.05) is 44.2 Å². The molecule has 2 N–H and O–H groups in total. The second kappa shape index (κ2) is 5.14. The molecule has 0 unspecified atom stereocenters. The summed E-state index contributed by atoms with van der Waals surface area (Å²) in [5.74, 6) is 1.50. The van der Waals surface area contributed by atoms with Crippen molar-refractivity contribution in [1.82, 2.24) is 4.98 Å². The Bertz CT molecular complexity index is 596. The molecule has 0 spiro atoms. The standard InChI is InChI=1S/C14H14N2OS/c1-9-8-11(5-6-12(9)14(15)18)17-13-4-3-7-16-10(13)2/h3-8H,1-2H3,(H2,15,18). The van der Waals surface area contributed by atoms with Gasteiger partial charge in [-0.3, -0.25) is 4.98 Å². The maximum atomic E-state index is 5.78. The number of ether oxygens (including phenoxy) is 1. The second-order valence-corrected chi connectivity index (χ2v) is 4.47. The van der Waals surface area contributed by atoms with Crippen molar-refractivity contribution in [2.75, 3.05) is 0 Å². The van der Waals surface area contributed by atoms with E-state index in [2.05, 4.69) is 4.98 Å². The van der Waals surface area contributed by atoms with Crippen LogP contribution >= 0.6 is 12.2 Å². The molecule has 0 radical (unpaired) electrons. The Morgan fingerprint density at radius 3 is 2.67 bits per heavy atom. The highest BCUT2D eigenvalue weighted by Gasteiger charge is 2.05. The number of benzene rings is 1. The number of hydrogen-bond acceptors (Lipinski definition) is 3. The van der Waals surface area contributed by atoms with E-state index in [1.54, 1.807) is 6.20 Å². The Morgan fingerprint density at radius 2 is 2.06 bits per heavy atom. The van der Waals surface area contributed by atoms with Gasteiger partial charge in [-0.05, 0) is 49.7 Å². The van der Waals surface area contributed by atoms with E-state index in [1.165, 1.54) is 0 Å². The van der Waals surface area contributed by atoms with E-state index in [-0.39, 0.29) is 0 Å². The third kappa shape index (κ3) is 2.65. The normalized spacial score (nSPS) is 10.1. The average molecular weight is 258 g/mol. The van der Waals surface area contributed by atoms with Gasteiger partial charge in [-0.15, -0.1) is 0 Å². The third-order valence-corrected chi connectivity index (χ3v) is 2.87. The van der Waals surface area contributed by atoms with Crippen molar-refractivity contribution in [3.63, 3.8) is 0 Å². The van der Waals surface area contributed by atoms with Crippen LogP contribution in [0.15, 0.2) is 36.5 Å². The molecule has 3 nitrogen and oxygen atoms in total. The zero-order valence-corrected chi connectivity index (χ0v) is 11.1. The van der Waals surface area contributed by atoms with Crippen molar-refractivity contribution in [1.29, 1.82) is 0 Å². The van der Waals surface area contributed by atoms with Crippen molar-refractivity contribution in [3.8, 4) is 11.5 Å². The van der Waals surface area contributed by atoms with E-state index >= 15 is 0 Å². The molecule has 18 heavy (non-hydrogen) atoms. The van der Waals surface area contributed by atoms with Gasteiger partial charge in [0.25, 0.3) is 0 Å². The molecule has 0 atom stereocenters. The maximum Gasteiger partial charge on any atom is 0.148 e. The van der Waals surface area contributed by atoms with Crippen molar-refractivity contribution in [2.45, 2.75) is 13.8 Å². The minimum atomic E-state index is 0.400. The van der Waals surface area contributed by atoms with Crippen LogP contribution in [0.25, 0.3) is 0 Å². The van der Waals surface area contributed by atoms with Crippen LogP contribution in [0.1, 0.15) is 16.8 Å². The van der Waals surface area contributed by atoms with Crippen molar-refractivity contribution < 1.29 is 4.74 Å². The Kier molecular flexibility index (Phi) is 3.58. The van der Waals surface area contributed by atoms with Gasteiger partial charge in [-0.1, -0.05) is 12.2 Å². The predicted molar refractivity (Wildman–Crippen MR) is 76.1 cm³/mol. The summed E-state index contributed by atoms with van der Waals surface area (Å²) in [6.07, 6.45) is 1.74. The number of aryl methyl sites for hydroxylation is 2. The summed E-state index contributed by atoms with van der Waals surface area (Å²) >= 11 is 4.97. The molecule has 0 saturated heterocycles. The molecule has 0 bridgehead atoms. The van der Waals surface area contributed by atoms with Crippen LogP contribution in [0.3, 0.4) is 0 Å². The quantitative estimate of drug-likeness (QED) is 0.859. The molecule has 0 fully saturated rings. The minimum Gasteiger partial charge on any atom is -0.455 e. The van der Waals surface area contributed by atoms with Gasteiger partial charge in [-0.25, -0.2) is 0 Å². The van der Waals surface area contributed by atoms with Gasteiger partial charge in [-0.2, -0.15) is 0 Å². The maximum absolute atomic E-state index is 5.78. The highest BCUT2D eigenvalue weighted by Crippen LogP contribution is 2.25. The smallest absolute Gasteiger partial charge is 0.148 e. The van der Waals surface area contributed by atoms with E-state index in [0.717, 1.165) is 28.3 Å². The highest BCUT2D eigenvalue weighted by atomic mass is 32.1. The summed E-state index contributed by atoms with van der Waals surface area (Å²) in [5.41, 5.74) is 8.35. The zero-order chi connectivity index (χ0) is 13.1. The number of aromatic nitrogens is 1. The number of hydrogen-bond donors (Lipinski definition) is 1. The number of rotatable bonds is 3. The Labute approximate surface area is 112 Å². The van der Waals surface area contributed by atoms with Crippen LogP contribution in [-0.2, 0) is 0 Å². The number of nitrogens with two attached hydrogens (primary N) is 1. The summed E-state index contributed by atoms with van der Waals surface area (Å²) in [7, 11) is 0. The van der Waals surface area contributed by atoms with E-state index < -0.39 is 0 Å². The van der Waals surface area contributed by atoms with Gasteiger partial charge in [0, 0.05) is 11.8 Å². The minimum absolute atomic E-state index is 0.400. The van der Waals surface area contributed by atoms with Crippen LogP contribution in [0.4, 0.5) is 0 Å². The molecule has 0 saturated carbocycles. The first kappa shape index (κ1) is 12.5. The molecule has 1 heterocycles. The molecular formula is C14H14N2OS.